The van der Waals surface area contributed by atoms with Gasteiger partial charge in [-0.25, -0.2) is 13.4 Å². The third kappa shape index (κ3) is 4.06. The van der Waals surface area contributed by atoms with Gasteiger partial charge in [0, 0.05) is 16.8 Å². The quantitative estimate of drug-likeness (QED) is 0.357. The van der Waals surface area contributed by atoms with Crippen LogP contribution in [0.5, 0.6) is 5.88 Å². The molecule has 32 heavy (non-hydrogen) atoms. The molecule has 166 valence electrons. The number of methoxy groups -OCH3 is 1. The Morgan fingerprint density at radius 1 is 1.19 bits per heavy atom. The molecule has 1 aromatic carbocycles. The minimum Gasteiger partial charge on any atom is -0.480 e. The largest absolute Gasteiger partial charge is 0.480 e. The van der Waals surface area contributed by atoms with Crippen LogP contribution in [0.2, 0.25) is 0 Å². The second-order valence-electron chi connectivity index (χ2n) is 7.39. The molecule has 0 fully saturated rings. The lowest BCUT2D eigenvalue weighted by Gasteiger charge is -2.16. The first-order chi connectivity index (χ1) is 15.2. The predicted molar refractivity (Wildman–Crippen MR) is 129 cm³/mol. The third-order valence-electron chi connectivity index (χ3n) is 5.05. The number of thiophene rings is 1. The number of H-pyrrole nitrogens is 1. The third-order valence-corrected chi connectivity index (χ3v) is 7.49. The van der Waals surface area contributed by atoms with E-state index >= 15 is 0 Å². The molecule has 10 heteroatoms. The fourth-order valence-corrected chi connectivity index (χ4v) is 5.64. The summed E-state index contributed by atoms with van der Waals surface area (Å²) >= 11 is 1.49. The molecule has 3 aromatic heterocycles. The standard InChI is InChI=1S/C22H23N5O3S2/c1-12-7-6-8-13(2)20(12)27-32(28,29)19-9-16(11-23-21(19)30-5)24-15(4)18-10-17-14(3)25-26-22(17)31-18/h6-11,24,27H,4H2,1-3,5H3,(H,25,26). The first-order valence-electron chi connectivity index (χ1n) is 9.73. The molecular weight excluding hydrogens is 446 g/mol. The molecule has 0 radical (unpaired) electrons. The van der Waals surface area contributed by atoms with Gasteiger partial charge in [0.15, 0.2) is 4.90 Å². The minimum absolute atomic E-state index is 0.00472. The van der Waals surface area contributed by atoms with Gasteiger partial charge in [-0.1, -0.05) is 24.8 Å². The van der Waals surface area contributed by atoms with Crippen LogP contribution in [-0.2, 0) is 10.0 Å². The van der Waals surface area contributed by atoms with Crippen LogP contribution >= 0.6 is 11.3 Å². The Labute approximate surface area is 190 Å². The summed E-state index contributed by atoms with van der Waals surface area (Å²) in [7, 11) is -2.58. The Morgan fingerprint density at radius 2 is 1.91 bits per heavy atom. The molecule has 0 spiro atoms. The molecule has 0 bridgehead atoms. The zero-order valence-corrected chi connectivity index (χ0v) is 19.7. The summed E-state index contributed by atoms with van der Waals surface area (Å²) in [6, 6.07) is 9.05. The number of nitrogens with zero attached hydrogens (tertiary/aromatic N) is 2. The van der Waals surface area contributed by atoms with E-state index in [0.29, 0.717) is 17.1 Å². The number of aromatic nitrogens is 3. The highest BCUT2D eigenvalue weighted by Crippen LogP contribution is 2.33. The van der Waals surface area contributed by atoms with Crippen molar-refractivity contribution in [1.82, 2.24) is 15.2 Å². The van der Waals surface area contributed by atoms with Gasteiger partial charge in [0.05, 0.1) is 29.6 Å². The highest BCUT2D eigenvalue weighted by atomic mass is 32.2. The monoisotopic (exact) mass is 469 g/mol. The van der Waals surface area contributed by atoms with Crippen LogP contribution in [0.15, 0.2) is 48.0 Å². The number of fused-ring (bicyclic) bond motifs is 1. The van der Waals surface area contributed by atoms with Gasteiger partial charge < -0.3 is 10.1 Å². The molecule has 0 saturated heterocycles. The lowest BCUT2D eigenvalue weighted by atomic mass is 10.1. The highest BCUT2D eigenvalue weighted by Gasteiger charge is 2.23. The molecule has 3 N–H and O–H groups in total. The van der Waals surface area contributed by atoms with Crippen LogP contribution in [0.4, 0.5) is 11.4 Å². The minimum atomic E-state index is -3.96. The van der Waals surface area contributed by atoms with Gasteiger partial charge in [-0.05, 0) is 44.0 Å². The van der Waals surface area contributed by atoms with Crippen LogP contribution in [0.1, 0.15) is 21.7 Å². The first kappa shape index (κ1) is 21.8. The van der Waals surface area contributed by atoms with Crippen molar-refractivity contribution in [3.05, 3.63) is 64.8 Å². The first-order valence-corrected chi connectivity index (χ1v) is 12.0. The molecule has 0 unspecified atom stereocenters. The maximum atomic E-state index is 13.2. The summed E-state index contributed by atoms with van der Waals surface area (Å²) in [6.07, 6.45) is 1.51. The SMILES string of the molecule is C=C(Nc1cnc(OC)c(S(=O)(=O)Nc2c(C)cccc2C)c1)c1cc2c(C)[nH]nc2s1. The number of hydrogen-bond acceptors (Lipinski definition) is 7. The molecule has 4 aromatic rings. The lowest BCUT2D eigenvalue weighted by molar-refractivity contribution is 0.385. The molecule has 0 aliphatic rings. The van der Waals surface area contributed by atoms with Crippen molar-refractivity contribution in [1.29, 1.82) is 0 Å². The Kier molecular flexibility index (Phi) is 5.66. The number of pyridine rings is 1. The van der Waals surface area contributed by atoms with Crippen molar-refractivity contribution in [2.24, 2.45) is 0 Å². The fraction of sp³-hybridized carbons (Fsp3) is 0.182. The van der Waals surface area contributed by atoms with Gasteiger partial charge >= 0.3 is 0 Å². The fourth-order valence-electron chi connectivity index (χ4n) is 3.32. The van der Waals surface area contributed by atoms with Crippen molar-refractivity contribution in [3.63, 3.8) is 0 Å². The number of rotatable bonds is 7. The number of ether oxygens (including phenoxy) is 1. The number of anilines is 2. The molecule has 8 nitrogen and oxygen atoms in total. The van der Waals surface area contributed by atoms with Crippen molar-refractivity contribution < 1.29 is 13.2 Å². The Hall–Kier alpha value is -3.37. The number of para-hydroxylation sites is 1. The van der Waals surface area contributed by atoms with E-state index in [1.807, 2.05) is 45.0 Å². The zero-order valence-electron chi connectivity index (χ0n) is 18.1. The van der Waals surface area contributed by atoms with E-state index in [0.717, 1.165) is 31.9 Å². The van der Waals surface area contributed by atoms with Crippen molar-refractivity contribution in [2.45, 2.75) is 25.7 Å². The van der Waals surface area contributed by atoms with Crippen LogP contribution in [0.3, 0.4) is 0 Å². The number of sulfonamides is 1. The molecule has 4 rings (SSSR count). The van der Waals surface area contributed by atoms with E-state index < -0.39 is 10.0 Å². The molecule has 0 amide bonds. The summed E-state index contributed by atoms with van der Waals surface area (Å²) in [5.74, 6) is 0.00472. The number of aromatic amines is 1. The topological polar surface area (TPSA) is 109 Å². The van der Waals surface area contributed by atoms with Crippen molar-refractivity contribution >= 4 is 48.6 Å². The molecular formula is C22H23N5O3S2. The Balaban J connectivity index is 1.65. The average Bonchev–Trinajstić information content (AvgIpc) is 3.33. The maximum Gasteiger partial charge on any atom is 0.267 e. The van der Waals surface area contributed by atoms with Gasteiger partial charge in [-0.2, -0.15) is 5.10 Å². The van der Waals surface area contributed by atoms with Gasteiger partial charge in [-0.3, -0.25) is 9.82 Å². The number of aryl methyl sites for hydroxylation is 3. The van der Waals surface area contributed by atoms with E-state index in [-0.39, 0.29) is 10.8 Å². The smallest absolute Gasteiger partial charge is 0.267 e. The number of benzene rings is 1. The maximum absolute atomic E-state index is 13.2. The lowest BCUT2D eigenvalue weighted by Crippen LogP contribution is -2.16. The van der Waals surface area contributed by atoms with Crippen LogP contribution in [0.25, 0.3) is 15.9 Å². The summed E-state index contributed by atoms with van der Waals surface area (Å²) in [6.45, 7) is 9.74. The number of hydrogen-bond donors (Lipinski definition) is 3. The molecule has 0 atom stereocenters. The van der Waals surface area contributed by atoms with E-state index in [1.54, 1.807) is 0 Å². The zero-order chi connectivity index (χ0) is 23.0. The summed E-state index contributed by atoms with van der Waals surface area (Å²) in [5.41, 5.74) is 4.25. The van der Waals surface area contributed by atoms with E-state index in [9.17, 15) is 8.42 Å². The molecule has 3 heterocycles. The Morgan fingerprint density at radius 3 is 2.56 bits per heavy atom. The Bertz CT molecular complexity index is 1420. The summed E-state index contributed by atoms with van der Waals surface area (Å²) in [5, 5.41) is 11.4. The molecule has 0 saturated carbocycles. The van der Waals surface area contributed by atoms with Gasteiger partial charge in [0.25, 0.3) is 10.0 Å². The van der Waals surface area contributed by atoms with Crippen LogP contribution < -0.4 is 14.8 Å². The van der Waals surface area contributed by atoms with E-state index in [2.05, 4.69) is 31.8 Å². The highest BCUT2D eigenvalue weighted by molar-refractivity contribution is 7.92. The van der Waals surface area contributed by atoms with E-state index in [1.165, 1.54) is 30.7 Å². The average molecular weight is 470 g/mol. The van der Waals surface area contributed by atoms with Gasteiger partial charge in [-0.15, -0.1) is 11.3 Å². The molecule has 0 aliphatic heterocycles. The van der Waals surface area contributed by atoms with Crippen LogP contribution in [0, 0.1) is 20.8 Å². The normalized spacial score (nSPS) is 11.5. The number of nitrogens with one attached hydrogen (secondary N) is 3. The van der Waals surface area contributed by atoms with Gasteiger partial charge in [0.2, 0.25) is 5.88 Å². The van der Waals surface area contributed by atoms with Gasteiger partial charge in [0.1, 0.15) is 4.83 Å². The second-order valence-corrected chi connectivity index (χ2v) is 10.1. The summed E-state index contributed by atoms with van der Waals surface area (Å²) < 4.78 is 34.3. The second kappa shape index (κ2) is 8.29. The van der Waals surface area contributed by atoms with Crippen LogP contribution in [-0.4, -0.2) is 30.7 Å². The van der Waals surface area contributed by atoms with Crippen molar-refractivity contribution in [2.75, 3.05) is 17.1 Å². The summed E-state index contributed by atoms with van der Waals surface area (Å²) in [4.78, 5) is 5.89. The van der Waals surface area contributed by atoms with E-state index in [4.69, 9.17) is 4.74 Å². The predicted octanol–water partition coefficient (Wildman–Crippen LogP) is 4.84. The molecule has 0 aliphatic carbocycles. The van der Waals surface area contributed by atoms with Crippen molar-refractivity contribution in [3.8, 4) is 5.88 Å².